The van der Waals surface area contributed by atoms with Crippen molar-refractivity contribution >= 4 is 5.91 Å². The van der Waals surface area contributed by atoms with Crippen molar-refractivity contribution < 1.29 is 4.79 Å². The van der Waals surface area contributed by atoms with Gasteiger partial charge < -0.3 is 11.1 Å². The van der Waals surface area contributed by atoms with E-state index in [0.717, 1.165) is 6.42 Å². The molecule has 0 aromatic heterocycles. The molecule has 3 nitrogen and oxygen atoms in total. The first kappa shape index (κ1) is 13.5. The molecule has 0 aromatic carbocycles. The van der Waals surface area contributed by atoms with Gasteiger partial charge in [-0.2, -0.15) is 0 Å². The summed E-state index contributed by atoms with van der Waals surface area (Å²) in [5.41, 5.74) is 6.07. The molecule has 0 aromatic rings. The lowest BCUT2D eigenvalue weighted by atomic mass is 9.73. The second kappa shape index (κ2) is 5.17. The first-order valence-corrected chi connectivity index (χ1v) is 6.40. The molecule has 2 atom stereocenters. The highest BCUT2D eigenvalue weighted by molar-refractivity contribution is 5.82. The van der Waals surface area contributed by atoms with Crippen LogP contribution >= 0.6 is 0 Å². The summed E-state index contributed by atoms with van der Waals surface area (Å²) in [5.74, 6) is 0.210. The van der Waals surface area contributed by atoms with E-state index in [1.54, 1.807) is 0 Å². The Morgan fingerprint density at radius 1 is 1.38 bits per heavy atom. The maximum Gasteiger partial charge on any atom is 0.237 e. The third kappa shape index (κ3) is 3.21. The molecule has 0 radical (unpaired) electrons. The lowest BCUT2D eigenvalue weighted by Gasteiger charge is -2.39. The number of nitrogens with two attached hydrogens (primary N) is 1. The first-order chi connectivity index (χ1) is 7.34. The Bertz CT molecular complexity index is 248. The number of carbonyl (C=O) groups is 1. The standard InChI is InChI=1S/C13H26N2O/c1-9(2)11(14)12(16)15-10-7-5-6-8-13(10,3)4/h9-11H,5-8,14H2,1-4H3,(H,15,16)/t10?,11-/m0/s1. The van der Waals surface area contributed by atoms with Crippen LogP contribution in [-0.2, 0) is 4.79 Å². The quantitative estimate of drug-likeness (QED) is 0.774. The van der Waals surface area contributed by atoms with Crippen molar-refractivity contribution in [3.63, 3.8) is 0 Å². The summed E-state index contributed by atoms with van der Waals surface area (Å²) in [7, 11) is 0. The number of nitrogens with one attached hydrogen (secondary N) is 1. The highest BCUT2D eigenvalue weighted by Crippen LogP contribution is 2.35. The van der Waals surface area contributed by atoms with Crippen molar-refractivity contribution in [2.45, 2.75) is 65.5 Å². The normalized spacial score (nSPS) is 26.5. The summed E-state index contributed by atoms with van der Waals surface area (Å²) < 4.78 is 0. The molecule has 0 aliphatic heterocycles. The van der Waals surface area contributed by atoms with Crippen molar-refractivity contribution in [3.8, 4) is 0 Å². The Morgan fingerprint density at radius 3 is 2.50 bits per heavy atom. The van der Waals surface area contributed by atoms with Crippen molar-refractivity contribution in [1.29, 1.82) is 0 Å². The molecular weight excluding hydrogens is 200 g/mol. The van der Waals surface area contributed by atoms with Gasteiger partial charge in [0.25, 0.3) is 0 Å². The van der Waals surface area contributed by atoms with Crippen molar-refractivity contribution in [2.75, 3.05) is 0 Å². The SMILES string of the molecule is CC(C)[C@H](N)C(=O)NC1CCCCC1(C)C. The van der Waals surface area contributed by atoms with E-state index in [4.69, 9.17) is 5.73 Å². The van der Waals surface area contributed by atoms with Gasteiger partial charge in [-0.1, -0.05) is 40.5 Å². The van der Waals surface area contributed by atoms with Crippen LogP contribution in [0, 0.1) is 11.3 Å². The molecule has 1 rings (SSSR count). The number of hydrogen-bond acceptors (Lipinski definition) is 2. The molecule has 1 saturated carbocycles. The van der Waals surface area contributed by atoms with E-state index in [0.29, 0.717) is 6.04 Å². The monoisotopic (exact) mass is 226 g/mol. The minimum absolute atomic E-state index is 0.00924. The van der Waals surface area contributed by atoms with Gasteiger partial charge in [-0.15, -0.1) is 0 Å². The van der Waals surface area contributed by atoms with Crippen molar-refractivity contribution in [2.24, 2.45) is 17.1 Å². The minimum Gasteiger partial charge on any atom is -0.351 e. The van der Waals surface area contributed by atoms with E-state index >= 15 is 0 Å². The fourth-order valence-corrected chi connectivity index (χ4v) is 2.33. The maximum absolute atomic E-state index is 11.9. The summed E-state index contributed by atoms with van der Waals surface area (Å²) in [6.45, 7) is 8.43. The van der Waals surface area contributed by atoms with Gasteiger partial charge in [-0.3, -0.25) is 4.79 Å². The fraction of sp³-hybridized carbons (Fsp3) is 0.923. The van der Waals surface area contributed by atoms with Gasteiger partial charge in [0.15, 0.2) is 0 Å². The molecule has 16 heavy (non-hydrogen) atoms. The highest BCUT2D eigenvalue weighted by atomic mass is 16.2. The van der Waals surface area contributed by atoms with E-state index in [2.05, 4.69) is 19.2 Å². The second-order valence-corrected chi connectivity index (χ2v) is 6.07. The average Bonchev–Trinajstić information content (AvgIpc) is 2.19. The maximum atomic E-state index is 11.9. The van der Waals surface area contributed by atoms with Crippen LogP contribution in [0.4, 0.5) is 0 Å². The van der Waals surface area contributed by atoms with Crippen LogP contribution in [0.5, 0.6) is 0 Å². The molecule has 1 amide bonds. The van der Waals surface area contributed by atoms with Gasteiger partial charge in [0.05, 0.1) is 6.04 Å². The third-order valence-corrected chi connectivity index (χ3v) is 3.84. The summed E-state index contributed by atoms with van der Waals surface area (Å²) in [5, 5.41) is 3.13. The van der Waals surface area contributed by atoms with Crippen LogP contribution in [-0.4, -0.2) is 18.0 Å². The summed E-state index contributed by atoms with van der Waals surface area (Å²) in [6.07, 6.45) is 4.76. The van der Waals surface area contributed by atoms with Gasteiger partial charge >= 0.3 is 0 Å². The Balaban J connectivity index is 2.55. The van der Waals surface area contributed by atoms with E-state index in [-0.39, 0.29) is 23.3 Å². The number of amides is 1. The van der Waals surface area contributed by atoms with Crippen molar-refractivity contribution in [3.05, 3.63) is 0 Å². The molecule has 1 unspecified atom stereocenters. The van der Waals surface area contributed by atoms with Gasteiger partial charge in [0.1, 0.15) is 0 Å². The highest BCUT2D eigenvalue weighted by Gasteiger charge is 2.34. The fourth-order valence-electron chi connectivity index (χ4n) is 2.33. The molecule has 1 aliphatic rings. The minimum atomic E-state index is -0.377. The van der Waals surface area contributed by atoms with Gasteiger partial charge in [0.2, 0.25) is 5.91 Å². The molecule has 94 valence electrons. The molecule has 1 aliphatic carbocycles. The van der Waals surface area contributed by atoms with Crippen molar-refractivity contribution in [1.82, 2.24) is 5.32 Å². The average molecular weight is 226 g/mol. The molecule has 0 saturated heterocycles. The first-order valence-electron chi connectivity index (χ1n) is 6.40. The molecule has 1 fully saturated rings. The van der Waals surface area contributed by atoms with Crippen LogP contribution in [0.1, 0.15) is 53.4 Å². The number of carbonyl (C=O) groups excluding carboxylic acids is 1. The molecule has 0 heterocycles. The predicted octanol–water partition coefficient (Wildman–Crippen LogP) is 2.05. The smallest absolute Gasteiger partial charge is 0.237 e. The van der Waals surface area contributed by atoms with Crippen LogP contribution in [0.15, 0.2) is 0 Å². The Hall–Kier alpha value is -0.570. The summed E-state index contributed by atoms with van der Waals surface area (Å²) >= 11 is 0. The Kier molecular flexibility index (Phi) is 4.36. The Morgan fingerprint density at radius 2 is 2.00 bits per heavy atom. The molecule has 3 N–H and O–H groups in total. The predicted molar refractivity (Wildman–Crippen MR) is 67.0 cm³/mol. The van der Waals surface area contributed by atoms with Gasteiger partial charge in [-0.05, 0) is 24.2 Å². The molecule has 3 heteroatoms. The number of rotatable bonds is 3. The lowest BCUT2D eigenvalue weighted by molar-refractivity contribution is -0.125. The Labute approximate surface area is 99.2 Å². The second-order valence-electron chi connectivity index (χ2n) is 6.07. The van der Waals surface area contributed by atoms with Crippen LogP contribution < -0.4 is 11.1 Å². The van der Waals surface area contributed by atoms with Crippen LogP contribution in [0.3, 0.4) is 0 Å². The van der Waals surface area contributed by atoms with E-state index in [1.165, 1.54) is 19.3 Å². The topological polar surface area (TPSA) is 55.1 Å². The van der Waals surface area contributed by atoms with E-state index in [1.807, 2.05) is 13.8 Å². The zero-order valence-corrected chi connectivity index (χ0v) is 11.0. The third-order valence-electron chi connectivity index (χ3n) is 3.84. The summed E-state index contributed by atoms with van der Waals surface area (Å²) in [4.78, 5) is 11.9. The zero-order chi connectivity index (χ0) is 12.3. The molecule has 0 bridgehead atoms. The molecular formula is C13H26N2O. The van der Waals surface area contributed by atoms with Gasteiger partial charge in [-0.25, -0.2) is 0 Å². The summed E-state index contributed by atoms with van der Waals surface area (Å²) in [6, 6.07) is -0.0868. The zero-order valence-electron chi connectivity index (χ0n) is 11.0. The lowest BCUT2D eigenvalue weighted by Crippen LogP contribution is -2.53. The van der Waals surface area contributed by atoms with Crippen LogP contribution in [0.2, 0.25) is 0 Å². The largest absolute Gasteiger partial charge is 0.351 e. The molecule has 0 spiro atoms. The van der Waals surface area contributed by atoms with E-state index in [9.17, 15) is 4.79 Å². The number of hydrogen-bond donors (Lipinski definition) is 2. The van der Waals surface area contributed by atoms with Crippen LogP contribution in [0.25, 0.3) is 0 Å². The van der Waals surface area contributed by atoms with Gasteiger partial charge in [0, 0.05) is 6.04 Å². The van der Waals surface area contributed by atoms with E-state index < -0.39 is 0 Å².